The Morgan fingerprint density at radius 3 is 2.47 bits per heavy atom. The Hall–Kier alpha value is -0.120. The number of likely N-dealkylation sites (tertiary alicyclic amines) is 1. The Bertz CT molecular complexity index is 248. The molecule has 0 saturated carbocycles. The van der Waals surface area contributed by atoms with Crippen LogP contribution in [-0.4, -0.2) is 61.2 Å². The monoisotopic (exact) mass is 267 g/mol. The first-order chi connectivity index (χ1) is 9.19. The molecule has 0 aromatic carbocycles. The molecule has 0 aliphatic carbocycles. The third-order valence-corrected chi connectivity index (χ3v) is 4.82. The SMILES string of the molecule is CCCN1CCC(N2CCC(C)NCC(C)C2)CC1. The van der Waals surface area contributed by atoms with E-state index in [0.29, 0.717) is 6.04 Å². The van der Waals surface area contributed by atoms with Gasteiger partial charge in [-0.1, -0.05) is 13.8 Å². The molecule has 0 bridgehead atoms. The van der Waals surface area contributed by atoms with Crippen LogP contribution in [0.25, 0.3) is 0 Å². The van der Waals surface area contributed by atoms with E-state index >= 15 is 0 Å². The molecule has 2 unspecified atom stereocenters. The van der Waals surface area contributed by atoms with E-state index in [2.05, 4.69) is 35.9 Å². The van der Waals surface area contributed by atoms with Crippen LogP contribution < -0.4 is 5.32 Å². The maximum Gasteiger partial charge on any atom is 0.0120 e. The van der Waals surface area contributed by atoms with Gasteiger partial charge in [0.2, 0.25) is 0 Å². The summed E-state index contributed by atoms with van der Waals surface area (Å²) in [6, 6.07) is 1.53. The summed E-state index contributed by atoms with van der Waals surface area (Å²) in [7, 11) is 0. The van der Waals surface area contributed by atoms with Crippen molar-refractivity contribution in [3.05, 3.63) is 0 Å². The first-order valence-electron chi connectivity index (χ1n) is 8.38. The first kappa shape index (κ1) is 15.3. The van der Waals surface area contributed by atoms with Crippen molar-refractivity contribution in [3.63, 3.8) is 0 Å². The zero-order valence-corrected chi connectivity index (χ0v) is 13.2. The highest BCUT2D eigenvalue weighted by Gasteiger charge is 2.26. The second-order valence-corrected chi connectivity index (χ2v) is 6.77. The summed E-state index contributed by atoms with van der Waals surface area (Å²) in [5, 5.41) is 3.65. The highest BCUT2D eigenvalue weighted by atomic mass is 15.2. The minimum atomic E-state index is 0.686. The molecule has 0 amide bonds. The van der Waals surface area contributed by atoms with Gasteiger partial charge in [0.15, 0.2) is 0 Å². The van der Waals surface area contributed by atoms with Crippen LogP contribution in [0.15, 0.2) is 0 Å². The third-order valence-electron chi connectivity index (χ3n) is 4.82. The lowest BCUT2D eigenvalue weighted by Crippen LogP contribution is -2.50. The first-order valence-corrected chi connectivity index (χ1v) is 8.38. The van der Waals surface area contributed by atoms with Crippen molar-refractivity contribution in [3.8, 4) is 0 Å². The van der Waals surface area contributed by atoms with Crippen molar-refractivity contribution in [2.24, 2.45) is 5.92 Å². The van der Waals surface area contributed by atoms with Gasteiger partial charge in [0.25, 0.3) is 0 Å². The molecule has 0 aromatic heterocycles. The van der Waals surface area contributed by atoms with Crippen LogP contribution in [0.3, 0.4) is 0 Å². The summed E-state index contributed by atoms with van der Waals surface area (Å²) < 4.78 is 0. The fourth-order valence-corrected chi connectivity index (χ4v) is 3.58. The number of hydrogen-bond acceptors (Lipinski definition) is 3. The molecule has 2 aliphatic rings. The van der Waals surface area contributed by atoms with Crippen LogP contribution in [0, 0.1) is 5.92 Å². The number of rotatable bonds is 3. The van der Waals surface area contributed by atoms with E-state index in [0.717, 1.165) is 12.0 Å². The number of nitrogens with one attached hydrogen (secondary N) is 1. The van der Waals surface area contributed by atoms with Crippen molar-refractivity contribution in [2.75, 3.05) is 39.3 Å². The fraction of sp³-hybridized carbons (Fsp3) is 1.00. The molecule has 2 aliphatic heterocycles. The van der Waals surface area contributed by atoms with Crippen molar-refractivity contribution >= 4 is 0 Å². The van der Waals surface area contributed by atoms with E-state index < -0.39 is 0 Å². The van der Waals surface area contributed by atoms with E-state index in [9.17, 15) is 0 Å². The summed E-state index contributed by atoms with van der Waals surface area (Å²) in [6.07, 6.45) is 5.37. The van der Waals surface area contributed by atoms with Gasteiger partial charge in [-0.25, -0.2) is 0 Å². The molecule has 2 fully saturated rings. The van der Waals surface area contributed by atoms with Crippen molar-refractivity contribution < 1.29 is 0 Å². The van der Waals surface area contributed by atoms with Crippen LogP contribution in [0.5, 0.6) is 0 Å². The number of piperidine rings is 1. The molecule has 0 radical (unpaired) electrons. The molecule has 19 heavy (non-hydrogen) atoms. The van der Waals surface area contributed by atoms with Gasteiger partial charge < -0.3 is 10.2 Å². The molecular weight excluding hydrogens is 234 g/mol. The van der Waals surface area contributed by atoms with Gasteiger partial charge in [-0.3, -0.25) is 4.90 Å². The standard InChI is InChI=1S/C16H33N3/c1-4-8-18-9-6-16(7-10-18)19-11-5-15(3)17-12-14(2)13-19/h14-17H,4-13H2,1-3H3. The van der Waals surface area contributed by atoms with Gasteiger partial charge in [0, 0.05) is 18.6 Å². The highest BCUT2D eigenvalue weighted by Crippen LogP contribution is 2.19. The number of hydrogen-bond donors (Lipinski definition) is 1. The summed E-state index contributed by atoms with van der Waals surface area (Å²) in [4.78, 5) is 5.44. The maximum atomic E-state index is 3.65. The van der Waals surface area contributed by atoms with Crippen LogP contribution >= 0.6 is 0 Å². The van der Waals surface area contributed by atoms with Gasteiger partial charge in [-0.15, -0.1) is 0 Å². The molecule has 112 valence electrons. The minimum Gasteiger partial charge on any atom is -0.314 e. The van der Waals surface area contributed by atoms with Gasteiger partial charge in [-0.2, -0.15) is 0 Å². The molecule has 0 spiro atoms. The molecule has 3 nitrogen and oxygen atoms in total. The molecule has 2 saturated heterocycles. The molecule has 2 heterocycles. The van der Waals surface area contributed by atoms with Gasteiger partial charge in [0.1, 0.15) is 0 Å². The van der Waals surface area contributed by atoms with E-state index in [1.807, 2.05) is 0 Å². The third kappa shape index (κ3) is 4.73. The van der Waals surface area contributed by atoms with Crippen LogP contribution in [0.1, 0.15) is 46.5 Å². The summed E-state index contributed by atoms with van der Waals surface area (Å²) >= 11 is 0. The Labute approximate surface area is 119 Å². The highest BCUT2D eigenvalue weighted by molar-refractivity contribution is 4.83. The van der Waals surface area contributed by atoms with Crippen LogP contribution in [0.4, 0.5) is 0 Å². The lowest BCUT2D eigenvalue weighted by Gasteiger charge is -2.41. The molecule has 2 rings (SSSR count). The Kier molecular flexibility index (Phi) is 6.11. The minimum absolute atomic E-state index is 0.686. The van der Waals surface area contributed by atoms with Gasteiger partial charge in [0.05, 0.1) is 0 Å². The Morgan fingerprint density at radius 1 is 1.05 bits per heavy atom. The largest absolute Gasteiger partial charge is 0.314 e. The zero-order chi connectivity index (χ0) is 13.7. The van der Waals surface area contributed by atoms with E-state index in [1.165, 1.54) is 65.0 Å². The predicted octanol–water partition coefficient (Wildman–Crippen LogP) is 2.18. The normalized spacial score (nSPS) is 33.0. The van der Waals surface area contributed by atoms with Crippen LogP contribution in [0.2, 0.25) is 0 Å². The van der Waals surface area contributed by atoms with E-state index in [1.54, 1.807) is 0 Å². The summed E-state index contributed by atoms with van der Waals surface area (Å²) in [5.74, 6) is 0.788. The van der Waals surface area contributed by atoms with Gasteiger partial charge >= 0.3 is 0 Å². The Morgan fingerprint density at radius 2 is 1.79 bits per heavy atom. The quantitative estimate of drug-likeness (QED) is 0.845. The second kappa shape index (κ2) is 7.61. The maximum absolute atomic E-state index is 3.65. The molecule has 3 heteroatoms. The van der Waals surface area contributed by atoms with Crippen molar-refractivity contribution in [2.45, 2.75) is 58.5 Å². The average Bonchev–Trinajstić information content (AvgIpc) is 2.41. The smallest absolute Gasteiger partial charge is 0.0120 e. The average molecular weight is 267 g/mol. The van der Waals surface area contributed by atoms with Crippen molar-refractivity contribution in [1.29, 1.82) is 0 Å². The fourth-order valence-electron chi connectivity index (χ4n) is 3.58. The van der Waals surface area contributed by atoms with E-state index in [4.69, 9.17) is 0 Å². The Balaban J connectivity index is 1.82. The van der Waals surface area contributed by atoms with Crippen LogP contribution in [-0.2, 0) is 0 Å². The van der Waals surface area contributed by atoms with Gasteiger partial charge in [-0.05, 0) is 71.2 Å². The molecule has 0 aromatic rings. The topological polar surface area (TPSA) is 18.5 Å². The lowest BCUT2D eigenvalue weighted by atomic mass is 9.99. The molecular formula is C16H33N3. The summed E-state index contributed by atoms with van der Waals surface area (Å²) in [5.41, 5.74) is 0. The van der Waals surface area contributed by atoms with E-state index in [-0.39, 0.29) is 0 Å². The number of nitrogens with zero attached hydrogens (tertiary/aromatic N) is 2. The predicted molar refractivity (Wildman–Crippen MR) is 82.6 cm³/mol. The van der Waals surface area contributed by atoms with Crippen molar-refractivity contribution in [1.82, 2.24) is 15.1 Å². The lowest BCUT2D eigenvalue weighted by molar-refractivity contribution is 0.0862. The summed E-state index contributed by atoms with van der Waals surface area (Å²) in [6.45, 7) is 14.7. The molecule has 2 atom stereocenters. The molecule has 1 N–H and O–H groups in total. The second-order valence-electron chi connectivity index (χ2n) is 6.77. The zero-order valence-electron chi connectivity index (χ0n) is 13.2.